The standard InChI is InChI=1S/C25H18O2/c1-2-16-7-4-12-20-19(16)11-6-13-21(20)25(26)27-23-15-18-10-3-8-17-9-5-14-22(23)24(17)18/h2-14,23H,1,15H2. The Hall–Kier alpha value is -3.39. The van der Waals surface area contributed by atoms with Gasteiger partial charge in [-0.25, -0.2) is 4.79 Å². The predicted octanol–water partition coefficient (Wildman–Crippen LogP) is 6.09. The summed E-state index contributed by atoms with van der Waals surface area (Å²) in [7, 11) is 0. The Morgan fingerprint density at radius 3 is 2.52 bits per heavy atom. The van der Waals surface area contributed by atoms with E-state index in [1.54, 1.807) is 0 Å². The molecule has 1 unspecified atom stereocenters. The molecule has 0 bridgehead atoms. The number of esters is 1. The molecule has 0 saturated carbocycles. The third kappa shape index (κ3) is 2.45. The van der Waals surface area contributed by atoms with Crippen LogP contribution in [0.5, 0.6) is 0 Å². The minimum absolute atomic E-state index is 0.239. The van der Waals surface area contributed by atoms with E-state index < -0.39 is 0 Å². The molecule has 1 aliphatic rings. The zero-order valence-electron chi connectivity index (χ0n) is 14.8. The Morgan fingerprint density at radius 1 is 0.926 bits per heavy atom. The fourth-order valence-electron chi connectivity index (χ4n) is 4.19. The summed E-state index contributed by atoms with van der Waals surface area (Å²) in [5.41, 5.74) is 3.95. The third-order valence-electron chi connectivity index (χ3n) is 5.42. The van der Waals surface area contributed by atoms with E-state index in [9.17, 15) is 4.79 Å². The van der Waals surface area contributed by atoms with Crippen molar-refractivity contribution in [1.82, 2.24) is 0 Å². The zero-order valence-corrected chi connectivity index (χ0v) is 14.8. The van der Waals surface area contributed by atoms with Crippen LogP contribution < -0.4 is 0 Å². The largest absolute Gasteiger partial charge is 0.453 e. The summed E-state index contributed by atoms with van der Waals surface area (Å²) in [6.45, 7) is 3.87. The highest BCUT2D eigenvalue weighted by molar-refractivity contribution is 6.06. The molecule has 0 fully saturated rings. The minimum atomic E-state index is -0.281. The van der Waals surface area contributed by atoms with Crippen LogP contribution in [-0.4, -0.2) is 5.97 Å². The molecule has 0 radical (unpaired) electrons. The molecular weight excluding hydrogens is 332 g/mol. The topological polar surface area (TPSA) is 26.3 Å². The lowest BCUT2D eigenvalue weighted by molar-refractivity contribution is 0.0314. The minimum Gasteiger partial charge on any atom is -0.453 e. The van der Waals surface area contributed by atoms with Crippen LogP contribution in [-0.2, 0) is 11.2 Å². The van der Waals surface area contributed by atoms with Crippen molar-refractivity contribution >= 4 is 33.6 Å². The lowest BCUT2D eigenvalue weighted by atomic mass is 10.00. The average Bonchev–Trinajstić information content (AvgIpc) is 3.06. The Morgan fingerprint density at radius 2 is 1.67 bits per heavy atom. The number of hydrogen-bond acceptors (Lipinski definition) is 2. The smallest absolute Gasteiger partial charge is 0.339 e. The highest BCUT2D eigenvalue weighted by Gasteiger charge is 2.28. The molecule has 130 valence electrons. The molecule has 0 aliphatic heterocycles. The molecule has 0 aromatic heterocycles. The fraction of sp³-hybridized carbons (Fsp3) is 0.0800. The van der Waals surface area contributed by atoms with Gasteiger partial charge in [0.25, 0.3) is 0 Å². The Balaban J connectivity index is 1.54. The Bertz CT molecular complexity index is 1210. The van der Waals surface area contributed by atoms with Crippen molar-refractivity contribution in [3.8, 4) is 0 Å². The van der Waals surface area contributed by atoms with Crippen molar-refractivity contribution in [2.75, 3.05) is 0 Å². The first kappa shape index (κ1) is 15.8. The van der Waals surface area contributed by atoms with Gasteiger partial charge in [-0.05, 0) is 38.7 Å². The van der Waals surface area contributed by atoms with Gasteiger partial charge >= 0.3 is 5.97 Å². The van der Waals surface area contributed by atoms with E-state index in [2.05, 4.69) is 36.9 Å². The van der Waals surface area contributed by atoms with Crippen molar-refractivity contribution in [3.05, 3.63) is 102 Å². The number of benzene rings is 4. The van der Waals surface area contributed by atoms with Gasteiger partial charge < -0.3 is 4.74 Å². The number of fused-ring (bicyclic) bond motifs is 1. The summed E-state index contributed by atoms with van der Waals surface area (Å²) in [5, 5.41) is 4.33. The van der Waals surface area contributed by atoms with E-state index in [4.69, 9.17) is 4.74 Å². The third-order valence-corrected chi connectivity index (χ3v) is 5.42. The quantitative estimate of drug-likeness (QED) is 0.418. The van der Waals surface area contributed by atoms with E-state index in [1.807, 2.05) is 48.5 Å². The van der Waals surface area contributed by atoms with Crippen molar-refractivity contribution in [2.24, 2.45) is 0 Å². The molecule has 0 amide bonds. The fourth-order valence-corrected chi connectivity index (χ4v) is 4.19. The molecule has 0 heterocycles. The van der Waals surface area contributed by atoms with Crippen molar-refractivity contribution in [1.29, 1.82) is 0 Å². The van der Waals surface area contributed by atoms with Crippen LogP contribution in [0.1, 0.15) is 33.2 Å². The van der Waals surface area contributed by atoms with Crippen molar-refractivity contribution in [2.45, 2.75) is 12.5 Å². The molecule has 1 atom stereocenters. The molecule has 0 saturated heterocycles. The monoisotopic (exact) mass is 350 g/mol. The molecule has 0 N–H and O–H groups in total. The van der Waals surface area contributed by atoms with Crippen LogP contribution in [0.4, 0.5) is 0 Å². The summed E-state index contributed by atoms with van der Waals surface area (Å²) >= 11 is 0. The maximum Gasteiger partial charge on any atom is 0.339 e. The molecule has 1 aliphatic carbocycles. The van der Waals surface area contributed by atoms with Gasteiger partial charge in [0, 0.05) is 12.0 Å². The zero-order chi connectivity index (χ0) is 18.4. The first-order valence-corrected chi connectivity index (χ1v) is 9.12. The van der Waals surface area contributed by atoms with Gasteiger partial charge in [-0.3, -0.25) is 0 Å². The predicted molar refractivity (Wildman–Crippen MR) is 110 cm³/mol. The van der Waals surface area contributed by atoms with E-state index in [1.165, 1.54) is 16.3 Å². The number of carbonyl (C=O) groups is 1. The van der Waals surface area contributed by atoms with Crippen LogP contribution >= 0.6 is 0 Å². The lowest BCUT2D eigenvalue weighted by Gasteiger charge is -2.15. The Kier molecular flexibility index (Phi) is 3.58. The molecule has 4 aromatic rings. The van der Waals surface area contributed by atoms with Crippen LogP contribution in [0.25, 0.3) is 27.6 Å². The normalized spacial score (nSPS) is 15.2. The van der Waals surface area contributed by atoms with E-state index in [0.717, 1.165) is 28.3 Å². The second-order valence-corrected chi connectivity index (χ2v) is 6.91. The summed E-state index contributed by atoms with van der Waals surface area (Å²) in [5.74, 6) is -0.281. The second kappa shape index (κ2) is 6.10. The number of hydrogen-bond donors (Lipinski definition) is 0. The van der Waals surface area contributed by atoms with E-state index in [-0.39, 0.29) is 12.1 Å². The van der Waals surface area contributed by atoms with Crippen LogP contribution in [0, 0.1) is 0 Å². The lowest BCUT2D eigenvalue weighted by Crippen LogP contribution is -2.11. The summed E-state index contributed by atoms with van der Waals surface area (Å²) < 4.78 is 5.99. The maximum absolute atomic E-state index is 13.0. The first-order valence-electron chi connectivity index (χ1n) is 9.12. The molecule has 2 nitrogen and oxygen atoms in total. The molecule has 0 spiro atoms. The van der Waals surface area contributed by atoms with Crippen molar-refractivity contribution in [3.63, 3.8) is 0 Å². The molecular formula is C25H18O2. The van der Waals surface area contributed by atoms with Crippen molar-refractivity contribution < 1.29 is 9.53 Å². The van der Waals surface area contributed by atoms with Crippen LogP contribution in [0.2, 0.25) is 0 Å². The highest BCUT2D eigenvalue weighted by atomic mass is 16.5. The van der Waals surface area contributed by atoms with E-state index in [0.29, 0.717) is 5.56 Å². The van der Waals surface area contributed by atoms with E-state index >= 15 is 0 Å². The number of carbonyl (C=O) groups excluding carboxylic acids is 1. The van der Waals surface area contributed by atoms with Crippen LogP contribution in [0.15, 0.2) is 79.4 Å². The highest BCUT2D eigenvalue weighted by Crippen LogP contribution is 2.39. The maximum atomic E-state index is 13.0. The summed E-state index contributed by atoms with van der Waals surface area (Å²) in [4.78, 5) is 13.0. The van der Waals surface area contributed by atoms with Gasteiger partial charge in [0.05, 0.1) is 5.56 Å². The first-order chi connectivity index (χ1) is 13.3. The van der Waals surface area contributed by atoms with Gasteiger partial charge in [-0.15, -0.1) is 0 Å². The SMILES string of the molecule is C=Cc1cccc2c(C(=O)OC3Cc4cccc5cccc3c45)cccc12. The van der Waals surface area contributed by atoms with Crippen LogP contribution in [0.3, 0.4) is 0 Å². The molecule has 5 rings (SSSR count). The molecule has 4 aromatic carbocycles. The van der Waals surface area contributed by atoms with Gasteiger partial charge in [-0.2, -0.15) is 0 Å². The molecule has 2 heteroatoms. The Labute approximate surface area is 157 Å². The number of ether oxygens (including phenoxy) is 1. The van der Waals surface area contributed by atoms with Gasteiger partial charge in [-0.1, -0.05) is 79.4 Å². The average molecular weight is 350 g/mol. The molecule has 27 heavy (non-hydrogen) atoms. The summed E-state index contributed by atoms with van der Waals surface area (Å²) in [6.07, 6.45) is 2.30. The van der Waals surface area contributed by atoms with Gasteiger partial charge in [0.15, 0.2) is 0 Å². The second-order valence-electron chi connectivity index (χ2n) is 6.91. The van der Waals surface area contributed by atoms with Gasteiger partial charge in [0.2, 0.25) is 0 Å². The number of rotatable bonds is 3. The van der Waals surface area contributed by atoms with Gasteiger partial charge in [0.1, 0.15) is 6.10 Å². The summed E-state index contributed by atoms with van der Waals surface area (Å²) in [6, 6.07) is 24.1.